The fraction of sp³-hybridized carbons (Fsp3) is 0.308. The van der Waals surface area contributed by atoms with Crippen molar-refractivity contribution in [1.29, 1.82) is 0 Å². The summed E-state index contributed by atoms with van der Waals surface area (Å²) >= 11 is 0. The molecule has 0 amide bonds. The van der Waals surface area contributed by atoms with Crippen molar-refractivity contribution in [3.05, 3.63) is 41.7 Å². The van der Waals surface area contributed by atoms with E-state index in [1.807, 2.05) is 6.92 Å². The number of nitrogen functional groups attached to an aromatic ring is 1. The minimum absolute atomic E-state index is 0.557. The van der Waals surface area contributed by atoms with Crippen molar-refractivity contribution in [2.45, 2.75) is 25.9 Å². The summed E-state index contributed by atoms with van der Waals surface area (Å²) in [5, 5.41) is 4.11. The molecule has 1 aromatic carbocycles. The Morgan fingerprint density at radius 3 is 2.37 bits per heavy atom. The van der Waals surface area contributed by atoms with E-state index < -0.39 is 11.7 Å². The highest BCUT2D eigenvalue weighted by Crippen LogP contribution is 2.30. The second kappa shape index (κ2) is 4.95. The lowest BCUT2D eigenvalue weighted by Gasteiger charge is -2.10. The van der Waals surface area contributed by atoms with Crippen molar-refractivity contribution < 1.29 is 13.2 Å². The third kappa shape index (κ3) is 2.72. The zero-order valence-electron chi connectivity index (χ0n) is 10.4. The van der Waals surface area contributed by atoms with Crippen molar-refractivity contribution >= 4 is 5.69 Å². The lowest BCUT2D eigenvalue weighted by molar-refractivity contribution is -0.137. The Hall–Kier alpha value is -1.98. The monoisotopic (exact) mass is 269 g/mol. The van der Waals surface area contributed by atoms with Gasteiger partial charge in [0.1, 0.15) is 0 Å². The predicted molar refractivity (Wildman–Crippen MR) is 67.0 cm³/mol. The number of anilines is 1. The number of alkyl halides is 3. The van der Waals surface area contributed by atoms with Crippen LogP contribution in [0.2, 0.25) is 0 Å². The molecule has 102 valence electrons. The van der Waals surface area contributed by atoms with Crippen molar-refractivity contribution in [2.24, 2.45) is 0 Å². The van der Waals surface area contributed by atoms with Gasteiger partial charge < -0.3 is 5.73 Å². The van der Waals surface area contributed by atoms with Crippen LogP contribution in [-0.4, -0.2) is 9.78 Å². The molecule has 2 N–H and O–H groups in total. The minimum atomic E-state index is -4.33. The number of halogens is 3. The molecule has 2 aromatic rings. The van der Waals surface area contributed by atoms with E-state index in [4.69, 9.17) is 5.73 Å². The molecule has 0 saturated heterocycles. The lowest BCUT2D eigenvalue weighted by atomic mass is 10.2. The second-order valence-corrected chi connectivity index (χ2v) is 4.25. The van der Waals surface area contributed by atoms with Gasteiger partial charge >= 0.3 is 6.18 Å². The molecule has 6 heteroatoms. The molecular formula is C13H14F3N3. The van der Waals surface area contributed by atoms with Crippen LogP contribution in [0.3, 0.4) is 0 Å². The van der Waals surface area contributed by atoms with Gasteiger partial charge in [0.15, 0.2) is 0 Å². The van der Waals surface area contributed by atoms with Crippen LogP contribution in [-0.2, 0) is 12.6 Å². The van der Waals surface area contributed by atoms with Gasteiger partial charge in [0.05, 0.1) is 28.8 Å². The highest BCUT2D eigenvalue weighted by atomic mass is 19.4. The van der Waals surface area contributed by atoms with Crippen LogP contribution < -0.4 is 5.73 Å². The first-order valence-corrected chi connectivity index (χ1v) is 5.93. The quantitative estimate of drug-likeness (QED) is 0.927. The number of hydrogen-bond donors (Lipinski definition) is 1. The molecule has 0 unspecified atom stereocenters. The normalized spacial score (nSPS) is 11.8. The standard InChI is InChI=1S/C13H14F3N3/c1-2-3-12-11(17)8-18-19(12)10-6-4-9(5-7-10)13(14,15)16/h4-8H,2-3,17H2,1H3. The molecule has 0 bridgehead atoms. The third-order valence-electron chi connectivity index (χ3n) is 2.83. The van der Waals surface area contributed by atoms with Crippen LogP contribution in [0.15, 0.2) is 30.5 Å². The summed E-state index contributed by atoms with van der Waals surface area (Å²) in [6.07, 6.45) is -1.19. The molecular weight excluding hydrogens is 255 g/mol. The summed E-state index contributed by atoms with van der Waals surface area (Å²) < 4.78 is 39.0. The molecule has 0 fully saturated rings. The maximum absolute atomic E-state index is 12.5. The fourth-order valence-electron chi connectivity index (χ4n) is 1.89. The minimum Gasteiger partial charge on any atom is -0.396 e. The third-order valence-corrected chi connectivity index (χ3v) is 2.83. The van der Waals surface area contributed by atoms with E-state index in [-0.39, 0.29) is 0 Å². The fourth-order valence-corrected chi connectivity index (χ4v) is 1.89. The van der Waals surface area contributed by atoms with Gasteiger partial charge in [-0.1, -0.05) is 13.3 Å². The van der Waals surface area contributed by atoms with Gasteiger partial charge in [-0.2, -0.15) is 18.3 Å². The van der Waals surface area contributed by atoms with Crippen LogP contribution in [0.4, 0.5) is 18.9 Å². The lowest BCUT2D eigenvalue weighted by Crippen LogP contribution is -2.07. The molecule has 2 rings (SSSR count). The summed E-state index contributed by atoms with van der Waals surface area (Å²) in [6.45, 7) is 2.00. The summed E-state index contributed by atoms with van der Waals surface area (Å²) in [6, 6.07) is 4.88. The summed E-state index contributed by atoms with van der Waals surface area (Å²) in [4.78, 5) is 0. The van der Waals surface area contributed by atoms with E-state index in [1.165, 1.54) is 18.3 Å². The van der Waals surface area contributed by atoms with Crippen molar-refractivity contribution in [3.8, 4) is 5.69 Å². The molecule has 0 aliphatic rings. The Morgan fingerprint density at radius 1 is 1.21 bits per heavy atom. The van der Waals surface area contributed by atoms with E-state index >= 15 is 0 Å². The average molecular weight is 269 g/mol. The zero-order chi connectivity index (χ0) is 14.0. The summed E-state index contributed by atoms with van der Waals surface area (Å²) in [7, 11) is 0. The maximum Gasteiger partial charge on any atom is 0.416 e. The molecule has 0 spiro atoms. The molecule has 0 radical (unpaired) electrons. The van der Waals surface area contributed by atoms with E-state index in [1.54, 1.807) is 4.68 Å². The van der Waals surface area contributed by atoms with E-state index in [9.17, 15) is 13.2 Å². The van der Waals surface area contributed by atoms with E-state index in [0.717, 1.165) is 30.7 Å². The van der Waals surface area contributed by atoms with Crippen LogP contribution in [0.5, 0.6) is 0 Å². The van der Waals surface area contributed by atoms with Gasteiger partial charge in [0.2, 0.25) is 0 Å². The van der Waals surface area contributed by atoms with Gasteiger partial charge in [-0.3, -0.25) is 0 Å². The first-order valence-electron chi connectivity index (χ1n) is 5.93. The Labute approximate surface area is 108 Å². The Kier molecular flexibility index (Phi) is 3.50. The predicted octanol–water partition coefficient (Wildman–Crippen LogP) is 3.43. The molecule has 0 aliphatic carbocycles. The maximum atomic E-state index is 12.5. The molecule has 0 aliphatic heterocycles. The number of aromatic nitrogens is 2. The van der Waals surface area contributed by atoms with Gasteiger partial charge in [-0.25, -0.2) is 4.68 Å². The largest absolute Gasteiger partial charge is 0.416 e. The van der Waals surface area contributed by atoms with E-state index in [0.29, 0.717) is 11.4 Å². The van der Waals surface area contributed by atoms with Crippen molar-refractivity contribution in [3.63, 3.8) is 0 Å². The Balaban J connectivity index is 2.38. The van der Waals surface area contributed by atoms with Gasteiger partial charge in [-0.15, -0.1) is 0 Å². The summed E-state index contributed by atoms with van der Waals surface area (Å²) in [5.41, 5.74) is 7.08. The van der Waals surface area contributed by atoms with Crippen LogP contribution in [0.25, 0.3) is 5.69 Å². The number of nitrogens with zero attached hydrogens (tertiary/aromatic N) is 2. The van der Waals surface area contributed by atoms with Gasteiger partial charge in [0, 0.05) is 0 Å². The van der Waals surface area contributed by atoms with Crippen LogP contribution in [0.1, 0.15) is 24.6 Å². The molecule has 1 heterocycles. The zero-order valence-corrected chi connectivity index (χ0v) is 10.4. The van der Waals surface area contributed by atoms with Gasteiger partial charge in [-0.05, 0) is 30.7 Å². The SMILES string of the molecule is CCCc1c(N)cnn1-c1ccc(C(F)(F)F)cc1. The number of hydrogen-bond acceptors (Lipinski definition) is 2. The topological polar surface area (TPSA) is 43.8 Å². The second-order valence-electron chi connectivity index (χ2n) is 4.25. The van der Waals surface area contributed by atoms with Crippen LogP contribution >= 0.6 is 0 Å². The first-order chi connectivity index (χ1) is 8.93. The van der Waals surface area contributed by atoms with Crippen molar-refractivity contribution in [2.75, 3.05) is 5.73 Å². The molecule has 19 heavy (non-hydrogen) atoms. The Bertz CT molecular complexity index is 556. The van der Waals surface area contributed by atoms with E-state index in [2.05, 4.69) is 5.10 Å². The molecule has 0 atom stereocenters. The first kappa shape index (κ1) is 13.5. The number of rotatable bonds is 3. The van der Waals surface area contributed by atoms with Gasteiger partial charge in [0.25, 0.3) is 0 Å². The highest BCUT2D eigenvalue weighted by Gasteiger charge is 2.30. The summed E-state index contributed by atoms with van der Waals surface area (Å²) in [5.74, 6) is 0. The Morgan fingerprint density at radius 2 is 1.84 bits per heavy atom. The number of benzene rings is 1. The molecule has 1 aromatic heterocycles. The average Bonchev–Trinajstić information content (AvgIpc) is 2.71. The van der Waals surface area contributed by atoms with Crippen LogP contribution in [0, 0.1) is 0 Å². The number of nitrogens with two attached hydrogens (primary N) is 1. The molecule has 3 nitrogen and oxygen atoms in total. The van der Waals surface area contributed by atoms with Crippen molar-refractivity contribution in [1.82, 2.24) is 9.78 Å². The molecule has 0 saturated carbocycles. The highest BCUT2D eigenvalue weighted by molar-refractivity contribution is 5.46. The smallest absolute Gasteiger partial charge is 0.396 e.